The van der Waals surface area contributed by atoms with E-state index in [-0.39, 0.29) is 12.4 Å². The maximum atomic E-state index is 5.94. The molecular weight excluding hydrogens is 319 g/mol. The Morgan fingerprint density at radius 1 is 1.05 bits per heavy atom. The molecule has 2 aromatic carbocycles. The summed E-state index contributed by atoms with van der Waals surface area (Å²) >= 11 is 5.94. The highest BCUT2D eigenvalue weighted by Gasteiger charge is 2.15. The smallest absolute Gasteiger partial charge is 0.176 e. The zero-order chi connectivity index (χ0) is 14.2. The molecule has 0 unspecified atom stereocenters. The minimum Gasteiger partial charge on any atom is -0.460 e. The van der Waals surface area contributed by atoms with Gasteiger partial charge in [0.25, 0.3) is 0 Å². The van der Waals surface area contributed by atoms with Gasteiger partial charge in [-0.1, -0.05) is 29.8 Å². The third kappa shape index (κ3) is 2.58. The van der Waals surface area contributed by atoms with Crippen LogP contribution in [0.4, 0.5) is 0 Å². The Morgan fingerprint density at radius 3 is 2.55 bits per heavy atom. The molecule has 1 N–H and O–H groups in total. The SMILES string of the molecule is Cl.Clc1ccc(-c2ccc3c(C4=NCCN4)occ3c2)cc1. The molecule has 3 nitrogen and oxygen atoms in total. The van der Waals surface area contributed by atoms with Crippen LogP contribution < -0.4 is 5.32 Å². The zero-order valence-electron chi connectivity index (χ0n) is 11.7. The fraction of sp³-hybridized carbons (Fsp3) is 0.118. The van der Waals surface area contributed by atoms with E-state index in [1.165, 1.54) is 0 Å². The zero-order valence-corrected chi connectivity index (χ0v) is 13.2. The van der Waals surface area contributed by atoms with E-state index in [2.05, 4.69) is 28.5 Å². The van der Waals surface area contributed by atoms with Gasteiger partial charge in [-0.25, -0.2) is 0 Å². The Labute approximate surface area is 139 Å². The average Bonchev–Trinajstić information content (AvgIpc) is 3.16. The number of benzene rings is 2. The lowest BCUT2D eigenvalue weighted by Gasteiger charge is -2.03. The molecular formula is C17H14Cl2N2O. The predicted molar refractivity (Wildman–Crippen MR) is 93.3 cm³/mol. The van der Waals surface area contributed by atoms with E-state index in [1.54, 1.807) is 6.26 Å². The van der Waals surface area contributed by atoms with Gasteiger partial charge < -0.3 is 9.73 Å². The monoisotopic (exact) mass is 332 g/mol. The molecule has 2 heterocycles. The first-order valence-corrected chi connectivity index (χ1v) is 7.25. The quantitative estimate of drug-likeness (QED) is 0.748. The van der Waals surface area contributed by atoms with Gasteiger partial charge in [-0.3, -0.25) is 4.99 Å². The maximum absolute atomic E-state index is 5.94. The van der Waals surface area contributed by atoms with Crippen molar-refractivity contribution in [2.24, 2.45) is 4.99 Å². The van der Waals surface area contributed by atoms with Gasteiger partial charge in [0.15, 0.2) is 11.6 Å². The summed E-state index contributed by atoms with van der Waals surface area (Å²) in [5, 5.41) is 6.15. The van der Waals surface area contributed by atoms with Crippen LogP contribution in [0.1, 0.15) is 5.76 Å². The highest BCUT2D eigenvalue weighted by atomic mass is 35.5. The van der Waals surface area contributed by atoms with Crippen molar-refractivity contribution < 1.29 is 4.42 Å². The van der Waals surface area contributed by atoms with Gasteiger partial charge in [-0.05, 0) is 35.4 Å². The number of aliphatic imine (C=N–C) groups is 1. The van der Waals surface area contributed by atoms with E-state index in [9.17, 15) is 0 Å². The summed E-state index contributed by atoms with van der Waals surface area (Å²) in [6.45, 7) is 1.68. The summed E-state index contributed by atoms with van der Waals surface area (Å²) in [5.74, 6) is 1.68. The van der Waals surface area contributed by atoms with Crippen LogP contribution in [0, 0.1) is 0 Å². The third-order valence-electron chi connectivity index (χ3n) is 3.67. The number of hydrogen-bond acceptors (Lipinski definition) is 3. The Morgan fingerprint density at radius 2 is 1.82 bits per heavy atom. The van der Waals surface area contributed by atoms with Gasteiger partial charge in [0.2, 0.25) is 0 Å². The van der Waals surface area contributed by atoms with E-state index in [0.29, 0.717) is 0 Å². The van der Waals surface area contributed by atoms with Crippen molar-refractivity contribution >= 4 is 40.6 Å². The van der Waals surface area contributed by atoms with Crippen molar-refractivity contribution in [3.8, 4) is 11.1 Å². The molecule has 0 aliphatic carbocycles. The fourth-order valence-electron chi connectivity index (χ4n) is 2.61. The summed E-state index contributed by atoms with van der Waals surface area (Å²) in [6.07, 6.45) is 1.78. The minimum atomic E-state index is 0. The van der Waals surface area contributed by atoms with Crippen molar-refractivity contribution in [2.75, 3.05) is 13.1 Å². The molecule has 1 aliphatic heterocycles. The van der Waals surface area contributed by atoms with Crippen LogP contribution in [0.5, 0.6) is 0 Å². The first kappa shape index (κ1) is 14.9. The van der Waals surface area contributed by atoms with Crippen LogP contribution in [0.25, 0.3) is 21.9 Å². The van der Waals surface area contributed by atoms with Crippen LogP contribution in [-0.2, 0) is 0 Å². The van der Waals surface area contributed by atoms with E-state index in [1.807, 2.05) is 24.3 Å². The number of hydrogen-bond donors (Lipinski definition) is 1. The predicted octanol–water partition coefficient (Wildman–Crippen LogP) is 4.52. The summed E-state index contributed by atoms with van der Waals surface area (Å²) < 4.78 is 5.69. The van der Waals surface area contributed by atoms with E-state index in [0.717, 1.165) is 51.6 Å². The van der Waals surface area contributed by atoms with Crippen LogP contribution >= 0.6 is 24.0 Å². The highest BCUT2D eigenvalue weighted by molar-refractivity contribution is 6.30. The highest BCUT2D eigenvalue weighted by Crippen LogP contribution is 2.28. The Kier molecular flexibility index (Phi) is 4.10. The molecule has 1 aliphatic rings. The van der Waals surface area contributed by atoms with Crippen LogP contribution in [0.3, 0.4) is 0 Å². The van der Waals surface area contributed by atoms with Gasteiger partial charge in [-0.2, -0.15) is 0 Å². The summed E-state index contributed by atoms with van der Waals surface area (Å²) in [5.41, 5.74) is 2.29. The second-order valence-corrected chi connectivity index (χ2v) is 5.47. The van der Waals surface area contributed by atoms with E-state index < -0.39 is 0 Å². The molecule has 0 atom stereocenters. The van der Waals surface area contributed by atoms with Crippen LogP contribution in [0.2, 0.25) is 5.02 Å². The van der Waals surface area contributed by atoms with Gasteiger partial charge >= 0.3 is 0 Å². The molecule has 0 saturated heterocycles. The second kappa shape index (κ2) is 6.03. The number of furan rings is 1. The number of fused-ring (bicyclic) bond motifs is 1. The molecule has 0 saturated carbocycles. The molecule has 0 radical (unpaired) electrons. The van der Waals surface area contributed by atoms with Crippen molar-refractivity contribution in [1.82, 2.24) is 5.32 Å². The number of rotatable bonds is 2. The third-order valence-corrected chi connectivity index (χ3v) is 3.92. The van der Waals surface area contributed by atoms with Crippen LogP contribution in [-0.4, -0.2) is 18.9 Å². The number of halogens is 2. The van der Waals surface area contributed by atoms with Gasteiger partial charge in [-0.15, -0.1) is 12.4 Å². The Balaban J connectivity index is 0.00000144. The topological polar surface area (TPSA) is 37.5 Å². The lowest BCUT2D eigenvalue weighted by molar-refractivity contribution is 0.560. The maximum Gasteiger partial charge on any atom is 0.176 e. The largest absolute Gasteiger partial charge is 0.460 e. The lowest BCUT2D eigenvalue weighted by atomic mass is 10.0. The number of amidine groups is 1. The van der Waals surface area contributed by atoms with Gasteiger partial charge in [0.05, 0.1) is 12.8 Å². The normalized spacial score (nSPS) is 13.6. The van der Waals surface area contributed by atoms with Crippen molar-refractivity contribution in [3.63, 3.8) is 0 Å². The minimum absolute atomic E-state index is 0. The molecule has 0 spiro atoms. The Bertz CT molecular complexity index is 837. The van der Waals surface area contributed by atoms with Crippen molar-refractivity contribution in [3.05, 3.63) is 59.5 Å². The molecule has 112 valence electrons. The Hall–Kier alpha value is -1.97. The lowest BCUT2D eigenvalue weighted by Crippen LogP contribution is -2.18. The van der Waals surface area contributed by atoms with Gasteiger partial charge in [0.1, 0.15) is 0 Å². The van der Waals surface area contributed by atoms with Crippen molar-refractivity contribution in [1.29, 1.82) is 0 Å². The average molecular weight is 333 g/mol. The number of nitrogens with one attached hydrogen (secondary N) is 1. The molecule has 0 amide bonds. The number of nitrogens with zero attached hydrogens (tertiary/aromatic N) is 1. The summed E-state index contributed by atoms with van der Waals surface area (Å²) in [7, 11) is 0. The molecule has 1 aromatic heterocycles. The van der Waals surface area contributed by atoms with Gasteiger partial charge in [0, 0.05) is 22.3 Å². The van der Waals surface area contributed by atoms with Crippen molar-refractivity contribution in [2.45, 2.75) is 0 Å². The molecule has 3 aromatic rings. The molecule has 4 rings (SSSR count). The first-order valence-electron chi connectivity index (χ1n) is 6.87. The summed E-state index contributed by atoms with van der Waals surface area (Å²) in [6, 6.07) is 14.2. The van der Waals surface area contributed by atoms with Crippen LogP contribution in [0.15, 0.2) is 58.1 Å². The fourth-order valence-corrected chi connectivity index (χ4v) is 2.73. The molecule has 0 fully saturated rings. The molecule has 0 bridgehead atoms. The molecule has 5 heteroatoms. The summed E-state index contributed by atoms with van der Waals surface area (Å²) in [4.78, 5) is 4.42. The van der Waals surface area contributed by atoms with E-state index >= 15 is 0 Å². The molecule has 22 heavy (non-hydrogen) atoms. The standard InChI is InChI=1S/C17H13ClN2O.ClH/c18-14-4-1-11(2-5-14)12-3-6-15-13(9-12)10-21-16(15)17-19-7-8-20-17;/h1-6,9-10H,7-8H2,(H,19,20);1H. The van der Waals surface area contributed by atoms with E-state index in [4.69, 9.17) is 16.0 Å². The second-order valence-electron chi connectivity index (χ2n) is 5.03. The first-order chi connectivity index (χ1) is 10.3.